The molecule has 0 aromatic carbocycles. The van der Waals surface area contributed by atoms with Crippen LogP contribution < -0.4 is 0 Å². The van der Waals surface area contributed by atoms with Gasteiger partial charge in [0, 0.05) is 0 Å². The number of hydrogen-bond acceptors (Lipinski definition) is 3. The van der Waals surface area contributed by atoms with Crippen molar-refractivity contribution in [1.29, 1.82) is 0 Å². The first-order valence-corrected chi connectivity index (χ1v) is 12.3. The Labute approximate surface area is 176 Å². The number of unbranched alkanes of at least 4 members (excludes halogenated alkanes) is 14. The van der Waals surface area contributed by atoms with Gasteiger partial charge in [0.1, 0.15) is 13.1 Å². The first kappa shape index (κ1) is 30.0. The Balaban J connectivity index is 0. The molecule has 0 aliphatic rings. The molecule has 0 rings (SSSR count). The highest BCUT2D eigenvalue weighted by atomic mass is 16.3. The normalized spacial score (nSPS) is 11.6. The number of hydrogen-bond donors (Lipinski definition) is 2. The molecule has 0 saturated carbocycles. The van der Waals surface area contributed by atoms with E-state index < -0.39 is 0 Å². The number of quaternary nitrogens is 1. The summed E-state index contributed by atoms with van der Waals surface area (Å²) >= 11 is 0. The monoisotopic (exact) mass is 403 g/mol. The highest BCUT2D eigenvalue weighted by molar-refractivity contribution is 4.52. The van der Waals surface area contributed by atoms with Gasteiger partial charge in [0.25, 0.3) is 0 Å². The molecule has 0 aromatic heterocycles. The van der Waals surface area contributed by atoms with E-state index in [9.17, 15) is 10.2 Å². The third-order valence-electron chi connectivity index (χ3n) is 6.12. The molecule has 4 nitrogen and oxygen atoms in total. The number of aliphatic hydroxyl groups excluding tert-OH is 2. The molecule has 0 heterocycles. The lowest BCUT2D eigenvalue weighted by molar-refractivity contribution is -0.929. The van der Waals surface area contributed by atoms with Crippen LogP contribution >= 0.6 is 0 Å². The topological polar surface area (TPSA) is 70.5 Å². The lowest BCUT2D eigenvalue weighted by Gasteiger charge is -2.38. The number of rotatable bonds is 22. The summed E-state index contributed by atoms with van der Waals surface area (Å²) in [6, 6.07) is 0. The smallest absolute Gasteiger partial charge is 0.102 e. The van der Waals surface area contributed by atoms with Crippen molar-refractivity contribution >= 4 is 0 Å². The summed E-state index contributed by atoms with van der Waals surface area (Å²) in [6.45, 7) is 8.91. The van der Waals surface area contributed by atoms with E-state index in [4.69, 9.17) is 0 Å². The molecule has 0 saturated heterocycles. The van der Waals surface area contributed by atoms with Crippen molar-refractivity contribution < 1.29 is 20.2 Å². The van der Waals surface area contributed by atoms with Crippen LogP contribution in [0.5, 0.6) is 0 Å². The Hall–Kier alpha value is -0.160. The van der Waals surface area contributed by atoms with Gasteiger partial charge in [0.2, 0.25) is 0 Å². The Morgan fingerprint density at radius 3 is 1.00 bits per heavy atom. The molecule has 3 N–H and O–H groups in total. The van der Waals surface area contributed by atoms with Crippen LogP contribution in [0, 0.1) is 0 Å². The van der Waals surface area contributed by atoms with Crippen molar-refractivity contribution in [3.05, 3.63) is 0 Å². The molecule has 0 unspecified atom stereocenters. The fourth-order valence-electron chi connectivity index (χ4n) is 4.26. The van der Waals surface area contributed by atoms with Crippen LogP contribution in [0.25, 0.3) is 0 Å². The summed E-state index contributed by atoms with van der Waals surface area (Å²) in [5.74, 6) is 0. The third kappa shape index (κ3) is 17.9. The first-order valence-electron chi connectivity index (χ1n) is 12.3. The zero-order chi connectivity index (χ0) is 20.1. The van der Waals surface area contributed by atoms with Gasteiger partial charge < -0.3 is 20.2 Å². The molecule has 0 atom stereocenters. The molecule has 28 heavy (non-hydrogen) atoms. The molecule has 0 amide bonds. The van der Waals surface area contributed by atoms with Crippen LogP contribution in [0.15, 0.2) is 0 Å². The standard InChI is InChI=1S/C24H52NO2.H2O/c1-3-5-7-9-11-12-13-14-16-18-20-25(21-23-26,22-24-27)19-17-15-10-8-6-4-2;/h26-27H,3-24H2,1-2H3;1H2/q+1;/p-1. The van der Waals surface area contributed by atoms with E-state index >= 15 is 0 Å². The highest BCUT2D eigenvalue weighted by Gasteiger charge is 2.25. The number of aliphatic hydroxyl groups is 2. The van der Waals surface area contributed by atoms with Crippen LogP contribution in [0.3, 0.4) is 0 Å². The van der Waals surface area contributed by atoms with Gasteiger partial charge in [-0.15, -0.1) is 0 Å². The Kier molecular flexibility index (Phi) is 24.8. The lowest BCUT2D eigenvalue weighted by atomic mass is 10.1. The van der Waals surface area contributed by atoms with Crippen molar-refractivity contribution in [2.24, 2.45) is 0 Å². The van der Waals surface area contributed by atoms with Gasteiger partial charge in [-0.3, -0.25) is 0 Å². The fourth-order valence-corrected chi connectivity index (χ4v) is 4.26. The molecule has 0 aliphatic carbocycles. The van der Waals surface area contributed by atoms with Gasteiger partial charge in [0.05, 0.1) is 26.3 Å². The van der Waals surface area contributed by atoms with E-state index in [0.717, 1.165) is 30.7 Å². The van der Waals surface area contributed by atoms with Crippen LogP contribution in [-0.2, 0) is 0 Å². The second-order valence-corrected chi connectivity index (χ2v) is 8.63. The van der Waals surface area contributed by atoms with E-state index in [-0.39, 0.29) is 18.7 Å². The Morgan fingerprint density at radius 1 is 0.429 bits per heavy atom. The maximum atomic E-state index is 9.57. The zero-order valence-electron chi connectivity index (χ0n) is 19.3. The second-order valence-electron chi connectivity index (χ2n) is 8.63. The van der Waals surface area contributed by atoms with E-state index in [1.807, 2.05) is 0 Å². The van der Waals surface area contributed by atoms with Crippen LogP contribution in [-0.4, -0.2) is 59.6 Å². The molecule has 0 fully saturated rings. The predicted octanol–water partition coefficient (Wildman–Crippen LogP) is 5.89. The summed E-state index contributed by atoms with van der Waals surface area (Å²) in [7, 11) is 0. The highest BCUT2D eigenvalue weighted by Crippen LogP contribution is 2.16. The quantitative estimate of drug-likeness (QED) is 0.175. The summed E-state index contributed by atoms with van der Waals surface area (Å²) in [5, 5.41) is 19.1. The van der Waals surface area contributed by atoms with E-state index in [2.05, 4.69) is 13.8 Å². The minimum Gasteiger partial charge on any atom is -0.870 e. The Bertz CT molecular complexity index is 281. The summed E-state index contributed by atoms with van der Waals surface area (Å²) in [5.41, 5.74) is 0. The maximum Gasteiger partial charge on any atom is 0.102 e. The summed E-state index contributed by atoms with van der Waals surface area (Å²) in [6.07, 6.45) is 21.5. The number of nitrogens with zero attached hydrogens (tertiary/aromatic N) is 1. The molecular weight excluding hydrogens is 350 g/mol. The van der Waals surface area contributed by atoms with E-state index in [0.29, 0.717) is 0 Å². The van der Waals surface area contributed by atoms with Crippen molar-refractivity contribution in [3.63, 3.8) is 0 Å². The van der Waals surface area contributed by atoms with Crippen molar-refractivity contribution in [2.75, 3.05) is 39.4 Å². The van der Waals surface area contributed by atoms with Crippen LogP contribution in [0.1, 0.15) is 117 Å². The van der Waals surface area contributed by atoms with Crippen LogP contribution in [0.4, 0.5) is 0 Å². The van der Waals surface area contributed by atoms with Gasteiger partial charge in [-0.2, -0.15) is 0 Å². The van der Waals surface area contributed by atoms with Gasteiger partial charge >= 0.3 is 0 Å². The largest absolute Gasteiger partial charge is 0.870 e. The van der Waals surface area contributed by atoms with Crippen LogP contribution in [0.2, 0.25) is 0 Å². The van der Waals surface area contributed by atoms with Gasteiger partial charge in [-0.1, -0.05) is 90.9 Å². The second kappa shape index (κ2) is 23.1. The summed E-state index contributed by atoms with van der Waals surface area (Å²) < 4.78 is 0.928. The van der Waals surface area contributed by atoms with Gasteiger partial charge in [-0.05, 0) is 25.7 Å². The van der Waals surface area contributed by atoms with Crippen molar-refractivity contribution in [1.82, 2.24) is 0 Å². The van der Waals surface area contributed by atoms with E-state index in [1.165, 1.54) is 103 Å². The maximum absolute atomic E-state index is 9.57. The Morgan fingerprint density at radius 2 is 0.714 bits per heavy atom. The summed E-state index contributed by atoms with van der Waals surface area (Å²) in [4.78, 5) is 0. The van der Waals surface area contributed by atoms with Gasteiger partial charge in [-0.25, -0.2) is 0 Å². The third-order valence-corrected chi connectivity index (χ3v) is 6.12. The molecular formula is C24H53NO3. The average molecular weight is 404 g/mol. The van der Waals surface area contributed by atoms with E-state index in [1.54, 1.807) is 0 Å². The van der Waals surface area contributed by atoms with Gasteiger partial charge in [0.15, 0.2) is 0 Å². The fraction of sp³-hybridized carbons (Fsp3) is 1.00. The lowest BCUT2D eigenvalue weighted by Crippen LogP contribution is -2.52. The minimum atomic E-state index is 0. The average Bonchev–Trinajstić information content (AvgIpc) is 2.66. The molecule has 0 spiro atoms. The molecule has 172 valence electrons. The molecule has 0 aromatic rings. The molecule has 0 bridgehead atoms. The molecule has 0 radical (unpaired) electrons. The first-order chi connectivity index (χ1) is 13.2. The SMILES string of the molecule is CCCCCCCCCCCC[N+](CCO)(CCO)CCCCCCCC.[OH-]. The van der Waals surface area contributed by atoms with Crippen molar-refractivity contribution in [3.8, 4) is 0 Å². The molecule has 0 aliphatic heterocycles. The molecule has 4 heteroatoms. The minimum absolute atomic E-state index is 0. The zero-order valence-corrected chi connectivity index (χ0v) is 19.3. The predicted molar refractivity (Wildman–Crippen MR) is 121 cm³/mol. The van der Waals surface area contributed by atoms with Crippen molar-refractivity contribution in [2.45, 2.75) is 117 Å².